The summed E-state index contributed by atoms with van der Waals surface area (Å²) in [7, 11) is 0. The van der Waals surface area contributed by atoms with Crippen LogP contribution in [0.1, 0.15) is 26.0 Å². The highest BCUT2D eigenvalue weighted by Gasteiger charge is 2.36. The van der Waals surface area contributed by atoms with Crippen molar-refractivity contribution in [1.29, 1.82) is 0 Å². The molecule has 0 spiro atoms. The van der Waals surface area contributed by atoms with Crippen LogP contribution in [0.4, 0.5) is 0 Å². The maximum atomic E-state index is 12.1. The van der Waals surface area contributed by atoms with Gasteiger partial charge in [0.2, 0.25) is 5.91 Å². The number of carbonyl (C=O) groups is 3. The molecule has 1 saturated heterocycles. The van der Waals surface area contributed by atoms with E-state index >= 15 is 0 Å². The minimum Gasteiger partial charge on any atom is -0.467 e. The highest BCUT2D eigenvalue weighted by Crippen LogP contribution is 2.22. The van der Waals surface area contributed by atoms with E-state index < -0.39 is 18.0 Å². The Bertz CT molecular complexity index is 540. The van der Waals surface area contributed by atoms with E-state index in [1.165, 1.54) is 13.2 Å². The Kier molecular flexibility index (Phi) is 5.19. The fourth-order valence-electron chi connectivity index (χ4n) is 2.32. The molecule has 0 bridgehead atoms. The normalized spacial score (nSPS) is 19.1. The predicted molar refractivity (Wildman–Crippen MR) is 76.5 cm³/mol. The van der Waals surface area contributed by atoms with Crippen LogP contribution in [0.5, 0.6) is 0 Å². The van der Waals surface area contributed by atoms with Gasteiger partial charge in [0.1, 0.15) is 5.76 Å². The molecule has 1 aromatic rings. The summed E-state index contributed by atoms with van der Waals surface area (Å²) in [5.41, 5.74) is 0. The van der Waals surface area contributed by atoms with Gasteiger partial charge >= 0.3 is 5.97 Å². The van der Waals surface area contributed by atoms with Crippen molar-refractivity contribution in [3.63, 3.8) is 0 Å². The molecule has 22 heavy (non-hydrogen) atoms. The van der Waals surface area contributed by atoms with E-state index in [0.29, 0.717) is 18.8 Å². The van der Waals surface area contributed by atoms with Crippen molar-refractivity contribution in [3.8, 4) is 0 Å². The van der Waals surface area contributed by atoms with Crippen LogP contribution < -0.4 is 5.32 Å². The van der Waals surface area contributed by atoms with Gasteiger partial charge in [0.15, 0.2) is 6.10 Å². The summed E-state index contributed by atoms with van der Waals surface area (Å²) in [4.78, 5) is 37.1. The minimum absolute atomic E-state index is 0.0989. The zero-order valence-electron chi connectivity index (χ0n) is 12.7. The molecule has 0 aliphatic carbocycles. The number of nitrogens with zero attached hydrogens (tertiary/aromatic N) is 1. The smallest absolute Gasteiger partial charge is 0.312 e. The van der Waals surface area contributed by atoms with Gasteiger partial charge in [-0.05, 0) is 26.0 Å². The van der Waals surface area contributed by atoms with Crippen molar-refractivity contribution in [1.82, 2.24) is 10.2 Å². The first-order chi connectivity index (χ1) is 10.5. The summed E-state index contributed by atoms with van der Waals surface area (Å²) in [6, 6.07) is 3.52. The second-order valence-corrected chi connectivity index (χ2v) is 5.23. The molecule has 2 amide bonds. The highest BCUT2D eigenvalue weighted by molar-refractivity contribution is 5.88. The van der Waals surface area contributed by atoms with Crippen LogP contribution in [0.3, 0.4) is 0 Å². The Morgan fingerprint density at radius 2 is 2.32 bits per heavy atom. The fraction of sp³-hybridized carbons (Fsp3) is 0.533. The SMILES string of the molecule is CCNC(=O)[C@@H](C)OC(=O)[C@@H]1CC(=O)N(Cc2ccco2)C1. The number of nitrogens with one attached hydrogen (secondary N) is 1. The maximum absolute atomic E-state index is 12.1. The van der Waals surface area contributed by atoms with E-state index in [-0.39, 0.29) is 24.8 Å². The molecule has 120 valence electrons. The molecular formula is C15H20N2O5. The molecule has 1 N–H and O–H groups in total. The standard InChI is InChI=1S/C15H20N2O5/c1-3-16-14(19)10(2)22-15(20)11-7-13(18)17(8-11)9-12-5-4-6-21-12/h4-6,10-11H,3,7-9H2,1-2H3,(H,16,19)/t10-,11-/m1/s1. The van der Waals surface area contributed by atoms with Crippen molar-refractivity contribution in [2.45, 2.75) is 32.9 Å². The van der Waals surface area contributed by atoms with Crippen molar-refractivity contribution >= 4 is 17.8 Å². The second-order valence-electron chi connectivity index (χ2n) is 5.23. The van der Waals surface area contributed by atoms with Crippen LogP contribution in [0, 0.1) is 5.92 Å². The number of rotatable bonds is 6. The van der Waals surface area contributed by atoms with Crippen LogP contribution in [0.2, 0.25) is 0 Å². The lowest BCUT2D eigenvalue weighted by Crippen LogP contribution is -2.37. The second kappa shape index (κ2) is 7.11. The number of hydrogen-bond donors (Lipinski definition) is 1. The Labute approximate surface area is 128 Å². The zero-order valence-corrected chi connectivity index (χ0v) is 12.7. The van der Waals surface area contributed by atoms with Gasteiger partial charge in [-0.15, -0.1) is 0 Å². The number of hydrogen-bond acceptors (Lipinski definition) is 5. The molecule has 1 fully saturated rings. The quantitative estimate of drug-likeness (QED) is 0.781. The first-order valence-electron chi connectivity index (χ1n) is 7.29. The lowest BCUT2D eigenvalue weighted by atomic mass is 10.1. The molecule has 1 aromatic heterocycles. The van der Waals surface area contributed by atoms with Gasteiger partial charge in [-0.2, -0.15) is 0 Å². The number of amides is 2. The van der Waals surface area contributed by atoms with E-state index in [0.717, 1.165) is 0 Å². The van der Waals surface area contributed by atoms with Crippen LogP contribution >= 0.6 is 0 Å². The molecule has 0 unspecified atom stereocenters. The number of likely N-dealkylation sites (N-methyl/N-ethyl adjacent to an activating group) is 1. The van der Waals surface area contributed by atoms with Crippen LogP contribution in [-0.2, 0) is 25.7 Å². The van der Waals surface area contributed by atoms with Gasteiger partial charge in [0.25, 0.3) is 5.91 Å². The first kappa shape index (κ1) is 16.1. The topological polar surface area (TPSA) is 88.8 Å². The summed E-state index contributed by atoms with van der Waals surface area (Å²) >= 11 is 0. The summed E-state index contributed by atoms with van der Waals surface area (Å²) < 4.78 is 10.3. The number of furan rings is 1. The molecule has 0 saturated carbocycles. The van der Waals surface area contributed by atoms with Crippen molar-refractivity contribution in [3.05, 3.63) is 24.2 Å². The Morgan fingerprint density at radius 1 is 1.55 bits per heavy atom. The van der Waals surface area contributed by atoms with Gasteiger partial charge in [-0.25, -0.2) is 0 Å². The van der Waals surface area contributed by atoms with E-state index in [4.69, 9.17) is 9.15 Å². The molecule has 7 heteroatoms. The zero-order chi connectivity index (χ0) is 16.1. The van der Waals surface area contributed by atoms with Gasteiger partial charge in [-0.1, -0.05) is 0 Å². The van der Waals surface area contributed by atoms with Gasteiger partial charge in [-0.3, -0.25) is 14.4 Å². The minimum atomic E-state index is -0.860. The lowest BCUT2D eigenvalue weighted by molar-refractivity contribution is -0.158. The lowest BCUT2D eigenvalue weighted by Gasteiger charge is -2.16. The number of likely N-dealkylation sites (tertiary alicyclic amines) is 1. The molecule has 1 aliphatic rings. The molecule has 2 heterocycles. The summed E-state index contributed by atoms with van der Waals surface area (Å²) in [5, 5.41) is 2.58. The summed E-state index contributed by atoms with van der Waals surface area (Å²) in [6.45, 7) is 4.39. The highest BCUT2D eigenvalue weighted by atomic mass is 16.5. The monoisotopic (exact) mass is 308 g/mol. The molecule has 1 aliphatic heterocycles. The third-order valence-corrected chi connectivity index (χ3v) is 3.49. The van der Waals surface area contributed by atoms with Gasteiger partial charge < -0.3 is 19.4 Å². The van der Waals surface area contributed by atoms with Crippen LogP contribution in [0.25, 0.3) is 0 Å². The third-order valence-electron chi connectivity index (χ3n) is 3.49. The van der Waals surface area contributed by atoms with Crippen LogP contribution in [-0.4, -0.2) is 41.9 Å². The molecule has 0 aromatic carbocycles. The average Bonchev–Trinajstić information content (AvgIpc) is 3.10. The van der Waals surface area contributed by atoms with Gasteiger partial charge in [0.05, 0.1) is 18.7 Å². The predicted octanol–water partition coefficient (Wildman–Crippen LogP) is 0.696. The number of ether oxygens (including phenoxy) is 1. The molecule has 0 radical (unpaired) electrons. The summed E-state index contributed by atoms with van der Waals surface area (Å²) in [6.07, 6.45) is 0.777. The third kappa shape index (κ3) is 3.87. The molecular weight excluding hydrogens is 288 g/mol. The fourth-order valence-corrected chi connectivity index (χ4v) is 2.32. The average molecular weight is 308 g/mol. The molecule has 2 atom stereocenters. The van der Waals surface area contributed by atoms with Crippen molar-refractivity contribution in [2.75, 3.05) is 13.1 Å². The van der Waals surface area contributed by atoms with Gasteiger partial charge in [0, 0.05) is 19.5 Å². The summed E-state index contributed by atoms with van der Waals surface area (Å²) in [5.74, 6) is -0.858. The van der Waals surface area contributed by atoms with Crippen molar-refractivity contribution < 1.29 is 23.5 Å². The van der Waals surface area contributed by atoms with E-state index in [2.05, 4.69) is 5.32 Å². The molecule has 2 rings (SSSR count). The van der Waals surface area contributed by atoms with E-state index in [1.807, 2.05) is 0 Å². The Morgan fingerprint density at radius 3 is 2.95 bits per heavy atom. The Hall–Kier alpha value is -2.31. The number of carbonyl (C=O) groups excluding carboxylic acids is 3. The largest absolute Gasteiger partial charge is 0.467 e. The first-order valence-corrected chi connectivity index (χ1v) is 7.29. The van der Waals surface area contributed by atoms with Crippen LogP contribution in [0.15, 0.2) is 22.8 Å². The number of esters is 1. The Balaban J connectivity index is 1.87. The van der Waals surface area contributed by atoms with Crippen molar-refractivity contribution in [2.24, 2.45) is 5.92 Å². The maximum Gasteiger partial charge on any atom is 0.312 e. The van der Waals surface area contributed by atoms with E-state index in [1.54, 1.807) is 24.0 Å². The molecule has 7 nitrogen and oxygen atoms in total. The van der Waals surface area contributed by atoms with E-state index in [9.17, 15) is 14.4 Å².